The van der Waals surface area contributed by atoms with Gasteiger partial charge in [0.05, 0.1) is 12.1 Å². The zero-order valence-corrected chi connectivity index (χ0v) is 16.8. The Labute approximate surface area is 158 Å². The highest BCUT2D eigenvalue weighted by Crippen LogP contribution is 2.67. The largest absolute Gasteiger partial charge is 0.357 e. The number of aryl methyl sites for hydroxylation is 1. The zero-order chi connectivity index (χ0) is 18.2. The summed E-state index contributed by atoms with van der Waals surface area (Å²) in [5, 5.41) is 2.34. The lowest BCUT2D eigenvalue weighted by atomic mass is 9.63. The molecule has 3 fully saturated rings. The van der Waals surface area contributed by atoms with Crippen molar-refractivity contribution in [2.24, 2.45) is 17.3 Å². The second kappa shape index (κ2) is 5.56. The molecule has 1 aromatic carbocycles. The van der Waals surface area contributed by atoms with E-state index < -0.39 is 0 Å². The van der Waals surface area contributed by atoms with Gasteiger partial charge in [-0.15, -0.1) is 5.06 Å². The lowest BCUT2D eigenvalue weighted by Gasteiger charge is -2.53. The minimum absolute atomic E-state index is 0.0197. The molecule has 2 bridgehead atoms. The van der Waals surface area contributed by atoms with Crippen molar-refractivity contribution in [3.63, 3.8) is 0 Å². The van der Waals surface area contributed by atoms with E-state index in [0.29, 0.717) is 5.92 Å². The van der Waals surface area contributed by atoms with Gasteiger partial charge in [0, 0.05) is 0 Å². The summed E-state index contributed by atoms with van der Waals surface area (Å²) < 4.78 is 6.41. The van der Waals surface area contributed by atoms with Crippen LogP contribution in [0.3, 0.4) is 0 Å². The lowest BCUT2D eigenvalue weighted by Crippen LogP contribution is -2.63. The van der Waals surface area contributed by atoms with Crippen LogP contribution in [0.5, 0.6) is 0 Å². The molecule has 1 aromatic rings. The Hall–Kier alpha value is -0.900. The van der Waals surface area contributed by atoms with Crippen LogP contribution < -0.4 is 0 Å². The van der Waals surface area contributed by atoms with Crippen molar-refractivity contribution in [2.75, 3.05) is 6.61 Å². The first-order valence-corrected chi connectivity index (χ1v) is 10.6. The molecule has 3 heteroatoms. The summed E-state index contributed by atoms with van der Waals surface area (Å²) in [4.78, 5) is 6.93. The predicted octanol–water partition coefficient (Wildman–Crippen LogP) is 5.26. The fraction of sp³-hybridized carbons (Fsp3) is 0.739. The Morgan fingerprint density at radius 2 is 1.81 bits per heavy atom. The van der Waals surface area contributed by atoms with Gasteiger partial charge in [-0.2, -0.15) is 0 Å². The minimum atomic E-state index is -0.367. The average Bonchev–Trinajstić information content (AvgIpc) is 3.25. The topological polar surface area (TPSA) is 21.7 Å². The van der Waals surface area contributed by atoms with E-state index >= 15 is 0 Å². The fourth-order valence-electron chi connectivity index (χ4n) is 6.73. The molecule has 0 amide bonds. The Kier molecular flexibility index (Phi) is 3.68. The van der Waals surface area contributed by atoms with Crippen LogP contribution in [0.15, 0.2) is 24.3 Å². The number of benzene rings is 1. The van der Waals surface area contributed by atoms with Crippen molar-refractivity contribution in [3.8, 4) is 0 Å². The van der Waals surface area contributed by atoms with Gasteiger partial charge >= 0.3 is 0 Å². The average molecular weight is 356 g/mol. The van der Waals surface area contributed by atoms with Gasteiger partial charge < -0.3 is 4.74 Å². The van der Waals surface area contributed by atoms with Crippen LogP contribution in [-0.2, 0) is 16.0 Å². The molecule has 5 rings (SSSR count). The van der Waals surface area contributed by atoms with Crippen LogP contribution in [0.2, 0.25) is 0 Å². The first-order valence-electron chi connectivity index (χ1n) is 10.6. The molecule has 1 spiro atoms. The molecule has 0 N–H and O–H groups in total. The number of nitrogens with zero attached hydrogens (tertiary/aromatic N) is 1. The third-order valence-corrected chi connectivity index (χ3v) is 8.29. The van der Waals surface area contributed by atoms with E-state index in [4.69, 9.17) is 9.57 Å². The third-order valence-electron chi connectivity index (χ3n) is 8.29. The van der Waals surface area contributed by atoms with E-state index in [9.17, 15) is 0 Å². The van der Waals surface area contributed by atoms with Crippen molar-refractivity contribution >= 4 is 0 Å². The molecule has 3 aliphatic carbocycles. The summed E-state index contributed by atoms with van der Waals surface area (Å²) >= 11 is 0. The molecule has 3 unspecified atom stereocenters. The Balaban J connectivity index is 1.53. The molecule has 142 valence electrons. The highest BCUT2D eigenvalue weighted by atomic mass is 16.7. The van der Waals surface area contributed by atoms with Crippen molar-refractivity contribution in [2.45, 2.75) is 83.6 Å². The first kappa shape index (κ1) is 17.2. The summed E-state index contributed by atoms with van der Waals surface area (Å²) in [5.41, 5.74) is 2.73. The Morgan fingerprint density at radius 3 is 2.58 bits per heavy atom. The van der Waals surface area contributed by atoms with Crippen molar-refractivity contribution in [1.82, 2.24) is 5.06 Å². The van der Waals surface area contributed by atoms with E-state index in [1.807, 2.05) is 0 Å². The van der Waals surface area contributed by atoms with Crippen molar-refractivity contribution < 1.29 is 9.57 Å². The molecule has 1 heterocycles. The Bertz CT molecular complexity index is 712. The highest BCUT2D eigenvalue weighted by Gasteiger charge is 2.71. The maximum atomic E-state index is 6.93. The predicted molar refractivity (Wildman–Crippen MR) is 102 cm³/mol. The second-order valence-electron chi connectivity index (χ2n) is 10.1. The summed E-state index contributed by atoms with van der Waals surface area (Å²) in [6.07, 6.45) is 7.69. The number of hydroxylamine groups is 2. The number of fused-ring (bicyclic) bond motifs is 4. The van der Waals surface area contributed by atoms with Gasteiger partial charge in [0.2, 0.25) is 0 Å². The minimum Gasteiger partial charge on any atom is -0.357 e. The van der Waals surface area contributed by atoms with E-state index in [1.165, 1.54) is 43.2 Å². The van der Waals surface area contributed by atoms with Crippen LogP contribution in [0.1, 0.15) is 77.0 Å². The fourth-order valence-corrected chi connectivity index (χ4v) is 6.73. The number of rotatable bonds is 2. The Morgan fingerprint density at radius 1 is 1.04 bits per heavy atom. The normalized spacial score (nSPS) is 40.2. The molecule has 4 atom stereocenters. The quantitative estimate of drug-likeness (QED) is 0.722. The van der Waals surface area contributed by atoms with Crippen molar-refractivity contribution in [1.29, 1.82) is 0 Å². The number of hydrogen-bond donors (Lipinski definition) is 0. The molecule has 0 radical (unpaired) electrons. The second-order valence-corrected chi connectivity index (χ2v) is 10.1. The monoisotopic (exact) mass is 355 g/mol. The molecule has 2 saturated carbocycles. The van der Waals surface area contributed by atoms with Crippen LogP contribution in [-0.4, -0.2) is 22.9 Å². The summed E-state index contributed by atoms with van der Waals surface area (Å²) in [6.45, 7) is 10.1. The van der Waals surface area contributed by atoms with Crippen LogP contribution >= 0.6 is 0 Å². The number of ether oxygens (including phenoxy) is 1. The standard InChI is InChI=1S/C23H33NO2/c1-21(2)17-12-13-18(14-17)23(21)15-25-22(3,4)24(23)26-20-11-7-9-16-8-5-6-10-19(16)20/h5-6,8,10,17-18,20H,7,9,11-15H2,1-4H3/t17?,18?,20-,23?/m0/s1. The molecule has 0 aromatic heterocycles. The molecular formula is C23H33NO2. The first-order chi connectivity index (χ1) is 12.4. The lowest BCUT2D eigenvalue weighted by molar-refractivity contribution is -0.325. The van der Waals surface area contributed by atoms with E-state index in [2.05, 4.69) is 57.0 Å². The van der Waals surface area contributed by atoms with Crippen LogP contribution in [0.25, 0.3) is 0 Å². The molecule has 4 aliphatic rings. The third kappa shape index (κ3) is 2.11. The van der Waals surface area contributed by atoms with Gasteiger partial charge in [-0.3, -0.25) is 4.84 Å². The maximum Gasteiger partial charge on any atom is 0.139 e. The summed E-state index contributed by atoms with van der Waals surface area (Å²) in [5.74, 6) is 1.50. The zero-order valence-electron chi connectivity index (χ0n) is 16.8. The van der Waals surface area contributed by atoms with Gasteiger partial charge in [-0.25, -0.2) is 0 Å². The number of hydrogen-bond acceptors (Lipinski definition) is 3. The van der Waals surface area contributed by atoms with E-state index in [-0.39, 0.29) is 22.8 Å². The van der Waals surface area contributed by atoms with Crippen LogP contribution in [0.4, 0.5) is 0 Å². The molecule has 1 aliphatic heterocycles. The van der Waals surface area contributed by atoms with Gasteiger partial charge in [-0.05, 0) is 80.8 Å². The van der Waals surface area contributed by atoms with Gasteiger partial charge in [0.25, 0.3) is 0 Å². The van der Waals surface area contributed by atoms with E-state index in [1.54, 1.807) is 0 Å². The molecular weight excluding hydrogens is 322 g/mol. The molecule has 3 nitrogen and oxygen atoms in total. The van der Waals surface area contributed by atoms with Gasteiger partial charge in [-0.1, -0.05) is 38.1 Å². The molecule has 26 heavy (non-hydrogen) atoms. The SMILES string of the molecule is CC1(C)OCC2(C3CCC(C3)C2(C)C)N1O[C@H]1CCCc2ccccc21. The van der Waals surface area contributed by atoms with Gasteiger partial charge in [0.1, 0.15) is 11.8 Å². The van der Waals surface area contributed by atoms with E-state index in [0.717, 1.165) is 18.9 Å². The maximum absolute atomic E-state index is 6.93. The van der Waals surface area contributed by atoms with Crippen LogP contribution in [0, 0.1) is 17.3 Å². The highest BCUT2D eigenvalue weighted by molar-refractivity contribution is 5.31. The molecule has 1 saturated heterocycles. The van der Waals surface area contributed by atoms with Crippen molar-refractivity contribution in [3.05, 3.63) is 35.4 Å². The summed E-state index contributed by atoms with van der Waals surface area (Å²) in [6, 6.07) is 8.85. The summed E-state index contributed by atoms with van der Waals surface area (Å²) in [7, 11) is 0. The smallest absolute Gasteiger partial charge is 0.139 e. The van der Waals surface area contributed by atoms with Gasteiger partial charge in [0.15, 0.2) is 0 Å².